The van der Waals surface area contributed by atoms with Crippen molar-refractivity contribution >= 4 is 16.9 Å². The summed E-state index contributed by atoms with van der Waals surface area (Å²) in [5.74, 6) is 1.02. The van der Waals surface area contributed by atoms with E-state index in [2.05, 4.69) is 22.7 Å². The second-order valence-corrected chi connectivity index (χ2v) is 6.01. The fraction of sp³-hybridized carbons (Fsp3) is 0.529. The Morgan fingerprint density at radius 2 is 2.39 bits per heavy atom. The third-order valence-electron chi connectivity index (χ3n) is 4.50. The molecule has 2 N–H and O–H groups in total. The van der Waals surface area contributed by atoms with Gasteiger partial charge in [-0.2, -0.15) is 0 Å². The summed E-state index contributed by atoms with van der Waals surface area (Å²) in [5, 5.41) is 11.1. The van der Waals surface area contributed by atoms with Crippen molar-refractivity contribution in [2.45, 2.75) is 32.2 Å². The number of aromatic nitrogens is 1. The maximum atomic E-state index is 12.6. The van der Waals surface area contributed by atoms with Gasteiger partial charge in [0, 0.05) is 18.7 Å². The van der Waals surface area contributed by atoms with Crippen LogP contribution in [0.5, 0.6) is 5.75 Å². The SMILES string of the molecule is CCC[C@H]1CCNC[C@H]1NC(=O)c1noc2cc(OC)ccc12. The van der Waals surface area contributed by atoms with E-state index >= 15 is 0 Å². The summed E-state index contributed by atoms with van der Waals surface area (Å²) in [5.41, 5.74) is 0.893. The third-order valence-corrected chi connectivity index (χ3v) is 4.50. The van der Waals surface area contributed by atoms with Gasteiger partial charge in [0.1, 0.15) is 5.75 Å². The number of carbonyl (C=O) groups is 1. The largest absolute Gasteiger partial charge is 0.497 e. The molecule has 2 atom stereocenters. The summed E-state index contributed by atoms with van der Waals surface area (Å²) in [4.78, 5) is 12.6. The highest BCUT2D eigenvalue weighted by Gasteiger charge is 2.27. The summed E-state index contributed by atoms with van der Waals surface area (Å²) >= 11 is 0. The molecule has 124 valence electrons. The number of amides is 1. The summed E-state index contributed by atoms with van der Waals surface area (Å²) in [7, 11) is 1.59. The smallest absolute Gasteiger partial charge is 0.274 e. The summed E-state index contributed by atoms with van der Waals surface area (Å²) in [6, 6.07) is 5.49. The summed E-state index contributed by atoms with van der Waals surface area (Å²) in [6.45, 7) is 4.00. The maximum Gasteiger partial charge on any atom is 0.274 e. The van der Waals surface area contributed by atoms with Gasteiger partial charge in [0.05, 0.1) is 12.5 Å². The fourth-order valence-electron chi connectivity index (χ4n) is 3.24. The molecule has 1 aliphatic heterocycles. The maximum absolute atomic E-state index is 12.6. The molecule has 1 aromatic heterocycles. The Morgan fingerprint density at radius 1 is 1.52 bits per heavy atom. The lowest BCUT2D eigenvalue weighted by atomic mass is 9.88. The molecule has 0 bridgehead atoms. The van der Waals surface area contributed by atoms with Gasteiger partial charge in [-0.1, -0.05) is 18.5 Å². The molecule has 23 heavy (non-hydrogen) atoms. The number of benzene rings is 1. The van der Waals surface area contributed by atoms with Crippen LogP contribution in [-0.2, 0) is 0 Å². The van der Waals surface area contributed by atoms with Crippen LogP contribution in [0, 0.1) is 5.92 Å². The summed E-state index contributed by atoms with van der Waals surface area (Å²) in [6.07, 6.45) is 3.35. The number of methoxy groups -OCH3 is 1. The molecule has 0 saturated carbocycles. The number of piperidine rings is 1. The minimum Gasteiger partial charge on any atom is -0.497 e. The Labute approximate surface area is 135 Å². The second kappa shape index (κ2) is 7.00. The van der Waals surface area contributed by atoms with Crippen molar-refractivity contribution in [3.05, 3.63) is 23.9 Å². The van der Waals surface area contributed by atoms with E-state index in [0.29, 0.717) is 28.3 Å². The van der Waals surface area contributed by atoms with E-state index in [-0.39, 0.29) is 11.9 Å². The first-order chi connectivity index (χ1) is 11.2. The van der Waals surface area contributed by atoms with E-state index in [1.54, 1.807) is 19.2 Å². The fourth-order valence-corrected chi connectivity index (χ4v) is 3.24. The average molecular weight is 317 g/mol. The Balaban J connectivity index is 1.77. The average Bonchev–Trinajstić information content (AvgIpc) is 3.00. The number of carbonyl (C=O) groups excluding carboxylic acids is 1. The van der Waals surface area contributed by atoms with E-state index in [4.69, 9.17) is 9.26 Å². The van der Waals surface area contributed by atoms with Crippen molar-refractivity contribution in [3.8, 4) is 5.75 Å². The molecular formula is C17H23N3O3. The van der Waals surface area contributed by atoms with E-state index in [0.717, 1.165) is 32.4 Å². The topological polar surface area (TPSA) is 76.4 Å². The van der Waals surface area contributed by atoms with Crippen molar-refractivity contribution in [3.63, 3.8) is 0 Å². The number of fused-ring (bicyclic) bond motifs is 1. The molecule has 0 radical (unpaired) electrons. The van der Waals surface area contributed by atoms with Gasteiger partial charge in [-0.15, -0.1) is 0 Å². The van der Waals surface area contributed by atoms with Crippen molar-refractivity contribution < 1.29 is 14.1 Å². The Bertz CT molecular complexity index is 681. The molecule has 3 rings (SSSR count). The lowest BCUT2D eigenvalue weighted by Gasteiger charge is -2.32. The number of nitrogens with one attached hydrogen (secondary N) is 2. The normalized spacial score (nSPS) is 21.3. The van der Waals surface area contributed by atoms with E-state index < -0.39 is 0 Å². The van der Waals surface area contributed by atoms with Gasteiger partial charge < -0.3 is 19.9 Å². The van der Waals surface area contributed by atoms with Crippen molar-refractivity contribution in [2.75, 3.05) is 20.2 Å². The van der Waals surface area contributed by atoms with Crippen molar-refractivity contribution in [2.24, 2.45) is 5.92 Å². The number of hydrogen-bond donors (Lipinski definition) is 2. The zero-order valence-electron chi connectivity index (χ0n) is 13.6. The van der Waals surface area contributed by atoms with Crippen molar-refractivity contribution in [1.29, 1.82) is 0 Å². The highest BCUT2D eigenvalue weighted by Crippen LogP contribution is 2.24. The van der Waals surface area contributed by atoms with Crippen molar-refractivity contribution in [1.82, 2.24) is 15.8 Å². The van der Waals surface area contributed by atoms with Crippen LogP contribution in [0.1, 0.15) is 36.7 Å². The lowest BCUT2D eigenvalue weighted by molar-refractivity contribution is 0.0901. The first kappa shape index (κ1) is 15.8. The van der Waals surface area contributed by atoms with Gasteiger partial charge in [-0.3, -0.25) is 4.79 Å². The minimum atomic E-state index is -0.177. The van der Waals surface area contributed by atoms with Gasteiger partial charge in [0.2, 0.25) is 0 Å². The summed E-state index contributed by atoms with van der Waals surface area (Å²) < 4.78 is 10.4. The molecule has 6 heteroatoms. The van der Waals surface area contributed by atoms with Crippen LogP contribution >= 0.6 is 0 Å². The molecule has 1 fully saturated rings. The lowest BCUT2D eigenvalue weighted by Crippen LogP contribution is -2.51. The Hall–Kier alpha value is -2.08. The van der Waals surface area contributed by atoms with Crippen LogP contribution in [0.25, 0.3) is 11.0 Å². The number of ether oxygens (including phenoxy) is 1. The van der Waals surface area contributed by atoms with Crippen LogP contribution in [0.3, 0.4) is 0 Å². The second-order valence-electron chi connectivity index (χ2n) is 6.01. The van der Waals surface area contributed by atoms with E-state index in [1.807, 2.05) is 6.07 Å². The van der Waals surface area contributed by atoms with Gasteiger partial charge >= 0.3 is 0 Å². The Kier molecular flexibility index (Phi) is 4.81. The molecule has 0 aliphatic carbocycles. The Morgan fingerprint density at radius 3 is 3.17 bits per heavy atom. The molecule has 0 unspecified atom stereocenters. The molecule has 1 aliphatic rings. The molecule has 1 saturated heterocycles. The molecule has 1 aromatic carbocycles. The zero-order valence-corrected chi connectivity index (χ0v) is 13.6. The third kappa shape index (κ3) is 3.32. The van der Waals surface area contributed by atoms with Crippen LogP contribution in [0.15, 0.2) is 22.7 Å². The first-order valence-electron chi connectivity index (χ1n) is 8.18. The van der Waals surface area contributed by atoms with E-state index in [1.165, 1.54) is 0 Å². The first-order valence-corrected chi connectivity index (χ1v) is 8.18. The molecule has 0 spiro atoms. The molecule has 1 amide bonds. The number of rotatable bonds is 5. The highest BCUT2D eigenvalue weighted by molar-refractivity contribution is 6.04. The predicted octanol–water partition coefficient (Wildman–Crippen LogP) is 2.34. The monoisotopic (exact) mass is 317 g/mol. The zero-order chi connectivity index (χ0) is 16.2. The van der Waals surface area contributed by atoms with Gasteiger partial charge in [-0.05, 0) is 37.4 Å². The minimum absolute atomic E-state index is 0.140. The van der Waals surface area contributed by atoms with Crippen LogP contribution in [0.4, 0.5) is 0 Å². The molecule has 2 heterocycles. The number of hydrogen-bond acceptors (Lipinski definition) is 5. The number of nitrogens with zero attached hydrogens (tertiary/aromatic N) is 1. The quantitative estimate of drug-likeness (QED) is 0.885. The van der Waals surface area contributed by atoms with Crippen LogP contribution in [0.2, 0.25) is 0 Å². The van der Waals surface area contributed by atoms with Gasteiger partial charge in [0.15, 0.2) is 11.3 Å². The molecular weight excluding hydrogens is 294 g/mol. The predicted molar refractivity (Wildman–Crippen MR) is 87.7 cm³/mol. The standard InChI is InChI=1S/C17H23N3O3/c1-3-4-11-7-8-18-10-14(11)19-17(21)16-13-6-5-12(22-2)9-15(13)23-20-16/h5-6,9,11,14,18H,3-4,7-8,10H2,1-2H3,(H,19,21)/t11-,14+/m0/s1. The van der Waals surface area contributed by atoms with Gasteiger partial charge in [0.25, 0.3) is 5.91 Å². The molecule has 2 aromatic rings. The highest BCUT2D eigenvalue weighted by atomic mass is 16.5. The molecule has 6 nitrogen and oxygen atoms in total. The van der Waals surface area contributed by atoms with Crippen LogP contribution in [-0.4, -0.2) is 37.3 Å². The van der Waals surface area contributed by atoms with Gasteiger partial charge in [-0.25, -0.2) is 0 Å². The van der Waals surface area contributed by atoms with Crippen LogP contribution < -0.4 is 15.4 Å². The van der Waals surface area contributed by atoms with E-state index in [9.17, 15) is 4.79 Å².